The molecule has 0 aromatic heterocycles. The highest BCUT2D eigenvalue weighted by molar-refractivity contribution is 5.70. The Morgan fingerprint density at radius 1 is 1.19 bits per heavy atom. The van der Waals surface area contributed by atoms with Crippen molar-refractivity contribution in [2.75, 3.05) is 6.54 Å². The van der Waals surface area contributed by atoms with Crippen LogP contribution in [0, 0.1) is 5.92 Å². The molecule has 1 rings (SSSR count). The summed E-state index contributed by atoms with van der Waals surface area (Å²) in [5.41, 5.74) is -0.378. The normalized spacial score (nSPS) is 18.5. The first-order valence-electron chi connectivity index (χ1n) is 8.82. The maximum Gasteiger partial charge on any atom is 0.307 e. The van der Waals surface area contributed by atoms with Gasteiger partial charge in [-0.05, 0) is 46.6 Å². The predicted octanol–water partition coefficient (Wildman–Crippen LogP) is 4.45. The van der Waals surface area contributed by atoms with Gasteiger partial charge < -0.3 is 10.1 Å². The van der Waals surface area contributed by atoms with Crippen LogP contribution in [0.15, 0.2) is 0 Å². The third-order valence-corrected chi connectivity index (χ3v) is 4.15. The molecule has 0 amide bonds. The predicted molar refractivity (Wildman–Crippen MR) is 88.4 cm³/mol. The summed E-state index contributed by atoms with van der Waals surface area (Å²) in [6.45, 7) is 8.80. The minimum atomic E-state index is -0.378. The molecule has 1 fully saturated rings. The molecule has 0 aromatic rings. The minimum Gasteiger partial charge on any atom is -0.460 e. The van der Waals surface area contributed by atoms with Gasteiger partial charge in [0.25, 0.3) is 0 Å². The second-order valence-electron chi connectivity index (χ2n) is 7.65. The third-order valence-electron chi connectivity index (χ3n) is 4.15. The van der Waals surface area contributed by atoms with Crippen LogP contribution in [0.5, 0.6) is 0 Å². The first kappa shape index (κ1) is 18.5. The van der Waals surface area contributed by atoms with Crippen LogP contribution in [0.1, 0.15) is 85.5 Å². The van der Waals surface area contributed by atoms with E-state index in [1.54, 1.807) is 0 Å². The number of nitrogens with one attached hydrogen (secondary N) is 1. The zero-order chi connectivity index (χ0) is 15.7. The van der Waals surface area contributed by atoms with E-state index in [-0.39, 0.29) is 17.6 Å². The van der Waals surface area contributed by atoms with E-state index in [1.807, 2.05) is 20.8 Å². The Morgan fingerprint density at radius 2 is 1.86 bits per heavy atom. The van der Waals surface area contributed by atoms with Gasteiger partial charge in [0.05, 0.1) is 6.42 Å². The number of ether oxygens (including phenoxy) is 1. The van der Waals surface area contributed by atoms with E-state index >= 15 is 0 Å². The zero-order valence-corrected chi connectivity index (χ0v) is 14.5. The lowest BCUT2D eigenvalue weighted by atomic mass is 9.86. The van der Waals surface area contributed by atoms with E-state index in [1.165, 1.54) is 51.4 Å². The van der Waals surface area contributed by atoms with Crippen LogP contribution in [-0.4, -0.2) is 24.2 Å². The molecule has 0 heterocycles. The van der Waals surface area contributed by atoms with Crippen LogP contribution in [-0.2, 0) is 9.53 Å². The van der Waals surface area contributed by atoms with Crippen molar-refractivity contribution in [3.8, 4) is 0 Å². The number of esters is 1. The van der Waals surface area contributed by atoms with Crippen LogP contribution in [0.2, 0.25) is 0 Å². The average Bonchev–Trinajstić information content (AvgIpc) is 2.37. The number of unbranched alkanes of at least 4 members (excludes halogenated alkanes) is 1. The van der Waals surface area contributed by atoms with E-state index in [0.29, 0.717) is 6.42 Å². The number of carbonyl (C=O) groups is 1. The molecule has 1 aliphatic carbocycles. The second-order valence-corrected chi connectivity index (χ2v) is 7.65. The van der Waals surface area contributed by atoms with Crippen molar-refractivity contribution in [2.24, 2.45) is 5.92 Å². The Balaban J connectivity index is 2.00. The summed E-state index contributed by atoms with van der Waals surface area (Å²) in [5.74, 6) is 0.877. The van der Waals surface area contributed by atoms with Gasteiger partial charge in [0.2, 0.25) is 0 Å². The zero-order valence-electron chi connectivity index (χ0n) is 14.5. The molecule has 0 bridgehead atoms. The molecule has 0 aromatic carbocycles. The fraction of sp³-hybridized carbons (Fsp3) is 0.944. The van der Waals surface area contributed by atoms with Gasteiger partial charge in [-0.2, -0.15) is 0 Å². The molecular formula is C18H35NO2. The lowest BCUT2D eigenvalue weighted by molar-refractivity contribution is -0.155. The van der Waals surface area contributed by atoms with E-state index in [9.17, 15) is 4.79 Å². The van der Waals surface area contributed by atoms with Gasteiger partial charge in [-0.15, -0.1) is 0 Å². The molecule has 1 unspecified atom stereocenters. The summed E-state index contributed by atoms with van der Waals surface area (Å²) < 4.78 is 5.34. The molecule has 3 nitrogen and oxygen atoms in total. The lowest BCUT2D eigenvalue weighted by Gasteiger charge is -2.22. The highest BCUT2D eigenvalue weighted by Crippen LogP contribution is 2.27. The molecule has 21 heavy (non-hydrogen) atoms. The molecule has 1 atom stereocenters. The standard InChI is InChI=1S/C18H35NO2/c1-15(14-17(20)21-18(2,3)4)19-13-9-8-12-16-10-6-5-7-11-16/h15-16,19H,5-14H2,1-4H3. The molecular weight excluding hydrogens is 262 g/mol. The number of hydrogen-bond acceptors (Lipinski definition) is 3. The molecule has 1 saturated carbocycles. The largest absolute Gasteiger partial charge is 0.460 e. The quantitative estimate of drug-likeness (QED) is 0.531. The Hall–Kier alpha value is -0.570. The van der Waals surface area contributed by atoms with Crippen LogP contribution in [0.3, 0.4) is 0 Å². The molecule has 1 N–H and O–H groups in total. The highest BCUT2D eigenvalue weighted by Gasteiger charge is 2.18. The smallest absolute Gasteiger partial charge is 0.307 e. The summed E-state index contributed by atoms with van der Waals surface area (Å²) >= 11 is 0. The van der Waals surface area contributed by atoms with Crippen molar-refractivity contribution < 1.29 is 9.53 Å². The molecule has 3 heteroatoms. The van der Waals surface area contributed by atoms with E-state index in [4.69, 9.17) is 4.74 Å². The van der Waals surface area contributed by atoms with Crippen molar-refractivity contribution in [1.29, 1.82) is 0 Å². The molecule has 0 spiro atoms. The number of carbonyl (C=O) groups excluding carboxylic acids is 1. The fourth-order valence-electron chi connectivity index (χ4n) is 3.09. The van der Waals surface area contributed by atoms with Crippen molar-refractivity contribution in [1.82, 2.24) is 5.32 Å². The Morgan fingerprint density at radius 3 is 2.48 bits per heavy atom. The summed E-state index contributed by atoms with van der Waals surface area (Å²) in [5, 5.41) is 3.44. The molecule has 0 aliphatic heterocycles. The van der Waals surface area contributed by atoms with Gasteiger partial charge >= 0.3 is 5.97 Å². The van der Waals surface area contributed by atoms with Gasteiger partial charge in [0, 0.05) is 6.04 Å². The van der Waals surface area contributed by atoms with Crippen molar-refractivity contribution >= 4 is 5.97 Å². The SMILES string of the molecule is CC(CC(=O)OC(C)(C)C)NCCCCC1CCCCC1. The summed E-state index contributed by atoms with van der Waals surface area (Å²) in [6.07, 6.45) is 11.6. The van der Waals surface area contributed by atoms with Gasteiger partial charge in [0.15, 0.2) is 0 Å². The maximum absolute atomic E-state index is 11.7. The van der Waals surface area contributed by atoms with E-state index in [0.717, 1.165) is 12.5 Å². The molecule has 124 valence electrons. The number of hydrogen-bond donors (Lipinski definition) is 1. The second kappa shape index (κ2) is 9.45. The maximum atomic E-state index is 11.7. The van der Waals surface area contributed by atoms with Gasteiger partial charge in [-0.3, -0.25) is 4.79 Å². The van der Waals surface area contributed by atoms with Gasteiger partial charge in [-0.25, -0.2) is 0 Å². The first-order chi connectivity index (χ1) is 9.87. The Bertz CT molecular complexity index is 290. The summed E-state index contributed by atoms with van der Waals surface area (Å²) in [4.78, 5) is 11.7. The fourth-order valence-corrected chi connectivity index (χ4v) is 3.09. The van der Waals surface area contributed by atoms with Crippen LogP contribution < -0.4 is 5.32 Å². The molecule has 0 saturated heterocycles. The Kier molecular flexibility index (Phi) is 8.31. The first-order valence-corrected chi connectivity index (χ1v) is 8.82. The van der Waals surface area contributed by atoms with Crippen LogP contribution >= 0.6 is 0 Å². The van der Waals surface area contributed by atoms with Crippen molar-refractivity contribution in [3.05, 3.63) is 0 Å². The number of rotatable bonds is 8. The Labute approximate surface area is 131 Å². The lowest BCUT2D eigenvalue weighted by Crippen LogP contribution is -2.32. The average molecular weight is 297 g/mol. The van der Waals surface area contributed by atoms with Crippen LogP contribution in [0.4, 0.5) is 0 Å². The van der Waals surface area contributed by atoms with Crippen LogP contribution in [0.25, 0.3) is 0 Å². The minimum absolute atomic E-state index is 0.107. The van der Waals surface area contributed by atoms with Gasteiger partial charge in [-0.1, -0.05) is 44.9 Å². The van der Waals surface area contributed by atoms with Crippen molar-refractivity contribution in [2.45, 2.75) is 97.1 Å². The highest BCUT2D eigenvalue weighted by atomic mass is 16.6. The molecule has 1 aliphatic rings. The van der Waals surface area contributed by atoms with E-state index < -0.39 is 0 Å². The monoisotopic (exact) mass is 297 g/mol. The topological polar surface area (TPSA) is 38.3 Å². The van der Waals surface area contributed by atoms with Gasteiger partial charge in [0.1, 0.15) is 5.60 Å². The van der Waals surface area contributed by atoms with E-state index in [2.05, 4.69) is 12.2 Å². The van der Waals surface area contributed by atoms with Crippen molar-refractivity contribution in [3.63, 3.8) is 0 Å². The summed E-state index contributed by atoms with van der Waals surface area (Å²) in [6, 6.07) is 0.203. The summed E-state index contributed by atoms with van der Waals surface area (Å²) in [7, 11) is 0. The third kappa shape index (κ3) is 9.89. The molecule has 0 radical (unpaired) electrons.